The summed E-state index contributed by atoms with van der Waals surface area (Å²) >= 11 is 1.47. The zero-order valence-corrected chi connectivity index (χ0v) is 12.9. The summed E-state index contributed by atoms with van der Waals surface area (Å²) < 4.78 is 5.36. The second-order valence-electron chi connectivity index (χ2n) is 5.36. The van der Waals surface area contributed by atoms with Crippen LogP contribution in [0, 0.1) is 0 Å². The van der Waals surface area contributed by atoms with E-state index in [9.17, 15) is 9.59 Å². The van der Waals surface area contributed by atoms with Crippen molar-refractivity contribution < 1.29 is 14.3 Å². The van der Waals surface area contributed by atoms with Gasteiger partial charge in [-0.1, -0.05) is 30.3 Å². The molecule has 0 bridgehead atoms. The molecule has 3 rings (SSSR count). The second-order valence-corrected chi connectivity index (χ2v) is 6.50. The van der Waals surface area contributed by atoms with Crippen molar-refractivity contribution in [2.75, 3.05) is 0 Å². The molecule has 1 atom stereocenters. The third-order valence-electron chi connectivity index (χ3n) is 3.78. The number of benzene rings is 1. The number of hydrogen-bond acceptors (Lipinski definition) is 4. The van der Waals surface area contributed by atoms with Gasteiger partial charge in [-0.25, -0.2) is 4.79 Å². The highest BCUT2D eigenvalue weighted by Gasteiger charge is 2.25. The summed E-state index contributed by atoms with van der Waals surface area (Å²) in [6.45, 7) is 0. The quantitative estimate of drug-likeness (QED) is 0.882. The van der Waals surface area contributed by atoms with Crippen molar-refractivity contribution in [3.8, 4) is 0 Å². The number of ether oxygens (including phenoxy) is 1. The molecule has 0 fully saturated rings. The van der Waals surface area contributed by atoms with E-state index in [0.29, 0.717) is 10.4 Å². The molecule has 1 amide bonds. The maximum absolute atomic E-state index is 12.3. The van der Waals surface area contributed by atoms with Crippen molar-refractivity contribution in [2.24, 2.45) is 5.73 Å². The number of amides is 1. The molecule has 0 spiro atoms. The highest BCUT2D eigenvalue weighted by atomic mass is 32.1. The lowest BCUT2D eigenvalue weighted by atomic mass is 9.99. The molecule has 2 aromatic rings. The van der Waals surface area contributed by atoms with Gasteiger partial charge in [0, 0.05) is 10.4 Å². The van der Waals surface area contributed by atoms with E-state index in [1.165, 1.54) is 21.8 Å². The third-order valence-corrected chi connectivity index (χ3v) is 5.00. The number of esters is 1. The zero-order valence-electron chi connectivity index (χ0n) is 12.1. The van der Waals surface area contributed by atoms with Crippen molar-refractivity contribution in [3.63, 3.8) is 0 Å². The minimum atomic E-state index is -1.05. The van der Waals surface area contributed by atoms with Gasteiger partial charge in [0.05, 0.1) is 0 Å². The Labute approximate surface area is 132 Å². The summed E-state index contributed by atoms with van der Waals surface area (Å²) in [5, 5.41) is 0. The first-order valence-corrected chi connectivity index (χ1v) is 8.13. The number of carbonyl (C=O) groups is 2. The smallest absolute Gasteiger partial charge is 0.349 e. The van der Waals surface area contributed by atoms with E-state index < -0.39 is 18.0 Å². The van der Waals surface area contributed by atoms with Gasteiger partial charge < -0.3 is 10.5 Å². The fourth-order valence-corrected chi connectivity index (χ4v) is 3.81. The molecule has 0 aliphatic heterocycles. The van der Waals surface area contributed by atoms with Crippen LogP contribution in [0.25, 0.3) is 0 Å². The summed E-state index contributed by atoms with van der Waals surface area (Å²) in [5.74, 6) is -1.15. The van der Waals surface area contributed by atoms with Crippen molar-refractivity contribution in [3.05, 3.63) is 57.3 Å². The van der Waals surface area contributed by atoms with Gasteiger partial charge in [-0.15, -0.1) is 11.3 Å². The molecule has 1 heterocycles. The van der Waals surface area contributed by atoms with Crippen molar-refractivity contribution in [1.29, 1.82) is 0 Å². The molecule has 0 saturated carbocycles. The molecule has 1 aromatic carbocycles. The lowest BCUT2D eigenvalue weighted by molar-refractivity contribution is -0.127. The minimum Gasteiger partial charge on any atom is -0.443 e. The molecular weight excluding hydrogens is 298 g/mol. The Morgan fingerprint density at radius 2 is 1.86 bits per heavy atom. The first kappa shape index (κ1) is 14.8. The minimum absolute atomic E-state index is 0.480. The van der Waals surface area contributed by atoms with Gasteiger partial charge in [-0.05, 0) is 37.3 Å². The van der Waals surface area contributed by atoms with Crippen LogP contribution in [0.15, 0.2) is 36.4 Å². The first-order chi connectivity index (χ1) is 10.6. The maximum atomic E-state index is 12.3. The number of nitrogens with two attached hydrogens (primary N) is 1. The molecule has 114 valence electrons. The number of fused-ring (bicyclic) bond motifs is 1. The van der Waals surface area contributed by atoms with Gasteiger partial charge in [-0.3, -0.25) is 4.79 Å². The summed E-state index contributed by atoms with van der Waals surface area (Å²) in [6.07, 6.45) is 3.30. The molecule has 22 heavy (non-hydrogen) atoms. The fraction of sp³-hybridized carbons (Fsp3) is 0.294. The Balaban J connectivity index is 1.79. The van der Waals surface area contributed by atoms with E-state index in [4.69, 9.17) is 10.5 Å². The summed E-state index contributed by atoms with van der Waals surface area (Å²) in [5.41, 5.74) is 7.20. The van der Waals surface area contributed by atoms with Crippen LogP contribution in [0.3, 0.4) is 0 Å². The van der Waals surface area contributed by atoms with Crippen LogP contribution < -0.4 is 5.73 Å². The highest BCUT2D eigenvalue weighted by molar-refractivity contribution is 7.14. The molecule has 1 unspecified atom stereocenters. The maximum Gasteiger partial charge on any atom is 0.349 e. The molecule has 0 saturated heterocycles. The normalized spacial score (nSPS) is 14.9. The average molecular weight is 315 g/mol. The predicted molar refractivity (Wildman–Crippen MR) is 84.8 cm³/mol. The Hall–Kier alpha value is -2.14. The van der Waals surface area contributed by atoms with E-state index in [-0.39, 0.29) is 0 Å². The van der Waals surface area contributed by atoms with E-state index in [1.54, 1.807) is 24.3 Å². The molecule has 5 heteroatoms. The average Bonchev–Trinajstić information content (AvgIpc) is 2.97. The number of hydrogen-bond donors (Lipinski definition) is 1. The van der Waals surface area contributed by atoms with E-state index in [2.05, 4.69) is 0 Å². The third kappa shape index (κ3) is 3.04. The molecule has 1 aromatic heterocycles. The van der Waals surface area contributed by atoms with Gasteiger partial charge in [0.15, 0.2) is 0 Å². The van der Waals surface area contributed by atoms with Gasteiger partial charge in [-0.2, -0.15) is 0 Å². The number of rotatable bonds is 4. The van der Waals surface area contributed by atoms with E-state index >= 15 is 0 Å². The van der Waals surface area contributed by atoms with Crippen LogP contribution in [-0.2, 0) is 22.4 Å². The Morgan fingerprint density at radius 1 is 1.14 bits per heavy atom. The van der Waals surface area contributed by atoms with E-state index in [1.807, 2.05) is 12.1 Å². The van der Waals surface area contributed by atoms with Crippen LogP contribution in [0.1, 0.15) is 44.6 Å². The SMILES string of the molecule is NC(=O)C(OC(=O)c1cc2c(s1)CCCC2)c1ccccc1. The van der Waals surface area contributed by atoms with Crippen molar-refractivity contribution >= 4 is 23.2 Å². The molecule has 1 aliphatic carbocycles. The Kier molecular flexibility index (Phi) is 4.24. The largest absolute Gasteiger partial charge is 0.443 e. The molecule has 0 radical (unpaired) electrons. The van der Waals surface area contributed by atoms with Gasteiger partial charge in [0.2, 0.25) is 6.10 Å². The summed E-state index contributed by atoms with van der Waals surface area (Å²) in [6, 6.07) is 10.7. The molecule has 1 aliphatic rings. The number of aryl methyl sites for hydroxylation is 2. The van der Waals surface area contributed by atoms with Gasteiger partial charge >= 0.3 is 5.97 Å². The summed E-state index contributed by atoms with van der Waals surface area (Å²) in [7, 11) is 0. The standard InChI is InChI=1S/C17H17NO3S/c18-16(19)15(11-6-2-1-3-7-11)21-17(20)14-10-12-8-4-5-9-13(12)22-14/h1-3,6-7,10,15H,4-5,8-9H2,(H2,18,19). The Bertz CT molecular complexity index is 670. The summed E-state index contributed by atoms with van der Waals surface area (Å²) in [4.78, 5) is 25.7. The lowest BCUT2D eigenvalue weighted by Crippen LogP contribution is -2.26. The van der Waals surface area contributed by atoms with Gasteiger partial charge in [0.25, 0.3) is 5.91 Å². The van der Waals surface area contributed by atoms with Crippen LogP contribution in [0.5, 0.6) is 0 Å². The monoisotopic (exact) mass is 315 g/mol. The fourth-order valence-electron chi connectivity index (χ4n) is 2.67. The number of thiophene rings is 1. The van der Waals surface area contributed by atoms with Crippen molar-refractivity contribution in [2.45, 2.75) is 31.8 Å². The molecular formula is C17H17NO3S. The predicted octanol–water partition coefficient (Wildman–Crippen LogP) is 3.01. The first-order valence-electron chi connectivity index (χ1n) is 7.32. The number of primary amides is 1. The van der Waals surface area contributed by atoms with Crippen LogP contribution >= 0.6 is 11.3 Å². The Morgan fingerprint density at radius 3 is 2.55 bits per heavy atom. The molecule has 2 N–H and O–H groups in total. The molecule has 4 nitrogen and oxygen atoms in total. The number of carbonyl (C=O) groups excluding carboxylic acids is 2. The van der Waals surface area contributed by atoms with Crippen LogP contribution in [0.2, 0.25) is 0 Å². The van der Waals surface area contributed by atoms with E-state index in [0.717, 1.165) is 25.7 Å². The second kappa shape index (κ2) is 6.32. The lowest BCUT2D eigenvalue weighted by Gasteiger charge is -2.14. The zero-order chi connectivity index (χ0) is 15.5. The highest BCUT2D eigenvalue weighted by Crippen LogP contribution is 2.31. The van der Waals surface area contributed by atoms with Crippen LogP contribution in [0.4, 0.5) is 0 Å². The van der Waals surface area contributed by atoms with Crippen LogP contribution in [-0.4, -0.2) is 11.9 Å². The van der Waals surface area contributed by atoms with Crippen molar-refractivity contribution in [1.82, 2.24) is 0 Å². The topological polar surface area (TPSA) is 69.4 Å². The van der Waals surface area contributed by atoms with Gasteiger partial charge in [0.1, 0.15) is 4.88 Å².